The Hall–Kier alpha value is -1.95. The molecule has 1 aromatic rings. The van der Waals surface area contributed by atoms with Crippen LogP contribution in [0.2, 0.25) is 6.82 Å². The maximum Gasteiger partial charge on any atom is 0.423 e. The lowest BCUT2D eigenvalue weighted by Gasteiger charge is -2.07. The molecule has 0 fully saturated rings. The van der Waals surface area contributed by atoms with Gasteiger partial charge in [-0.25, -0.2) is 0 Å². The monoisotopic (exact) mass is 262 g/mol. The van der Waals surface area contributed by atoms with Crippen molar-refractivity contribution in [2.24, 2.45) is 5.10 Å². The van der Waals surface area contributed by atoms with Crippen molar-refractivity contribution in [3.63, 3.8) is 0 Å². The zero-order chi connectivity index (χ0) is 14.3. The van der Waals surface area contributed by atoms with Gasteiger partial charge in [-0.3, -0.25) is 0 Å². The first kappa shape index (κ1) is 15.1. The summed E-state index contributed by atoms with van der Waals surface area (Å²) in [6.07, 6.45) is 3.75. The van der Waals surface area contributed by atoms with Gasteiger partial charge in [-0.2, -0.15) is 5.10 Å². The molecule has 0 unspecified atom stereocenters. The van der Waals surface area contributed by atoms with Crippen LogP contribution in [0.15, 0.2) is 29.4 Å². The van der Waals surface area contributed by atoms with Gasteiger partial charge in [0.15, 0.2) is 11.5 Å². The second kappa shape index (κ2) is 7.48. The quantitative estimate of drug-likeness (QED) is 0.466. The molecule has 19 heavy (non-hydrogen) atoms. The van der Waals surface area contributed by atoms with E-state index in [2.05, 4.69) is 10.4 Å². The fourth-order valence-electron chi connectivity index (χ4n) is 1.41. The average molecular weight is 262 g/mol. The molecule has 0 aliphatic rings. The zero-order valence-corrected chi connectivity index (χ0v) is 11.7. The van der Waals surface area contributed by atoms with Crippen LogP contribution in [0.3, 0.4) is 0 Å². The minimum Gasteiger partial charge on any atom is -0.493 e. The fourth-order valence-corrected chi connectivity index (χ4v) is 1.41. The molecule has 0 spiro atoms. The van der Waals surface area contributed by atoms with Gasteiger partial charge in [0.05, 0.1) is 19.9 Å². The fraction of sp³-hybridized carbons (Fsp3) is 0.308. The van der Waals surface area contributed by atoms with Crippen LogP contribution in [0.5, 0.6) is 11.5 Å². The van der Waals surface area contributed by atoms with Gasteiger partial charge >= 0.3 is 7.05 Å². The van der Waals surface area contributed by atoms with Crippen LogP contribution in [-0.2, 0) is 0 Å². The molecule has 2 N–H and O–H groups in total. The van der Waals surface area contributed by atoms with E-state index in [0.29, 0.717) is 11.5 Å². The first-order valence-corrected chi connectivity index (χ1v) is 5.94. The van der Waals surface area contributed by atoms with Crippen molar-refractivity contribution in [3.8, 4) is 11.5 Å². The highest BCUT2D eigenvalue weighted by Gasteiger charge is 2.02. The van der Waals surface area contributed by atoms with Crippen LogP contribution < -0.4 is 14.8 Å². The first-order valence-electron chi connectivity index (χ1n) is 5.94. The lowest BCUT2D eigenvalue weighted by atomic mass is 9.91. The number of allylic oxidation sites excluding steroid dienone is 1. The largest absolute Gasteiger partial charge is 0.493 e. The van der Waals surface area contributed by atoms with E-state index in [1.54, 1.807) is 21.0 Å². The molecular weight excluding hydrogens is 243 g/mol. The van der Waals surface area contributed by atoms with Crippen molar-refractivity contribution in [2.45, 2.75) is 13.7 Å². The van der Waals surface area contributed by atoms with Gasteiger partial charge in [-0.1, -0.05) is 12.1 Å². The van der Waals surface area contributed by atoms with Crippen LogP contribution in [0.25, 0.3) is 6.08 Å². The average Bonchev–Trinajstić information content (AvgIpc) is 2.42. The molecule has 1 aromatic carbocycles. The minimum absolute atomic E-state index is 0.663. The lowest BCUT2D eigenvalue weighted by molar-refractivity contribution is 0.355. The van der Waals surface area contributed by atoms with E-state index in [-0.39, 0.29) is 0 Å². The van der Waals surface area contributed by atoms with Gasteiger partial charge in [0, 0.05) is 0 Å². The predicted octanol–water partition coefficient (Wildman–Crippen LogP) is 1.79. The van der Waals surface area contributed by atoms with Crippen molar-refractivity contribution in [2.75, 3.05) is 14.2 Å². The molecule has 5 nitrogen and oxygen atoms in total. The van der Waals surface area contributed by atoms with Crippen LogP contribution in [0, 0.1) is 0 Å². The third kappa shape index (κ3) is 5.05. The van der Waals surface area contributed by atoms with Crippen LogP contribution >= 0.6 is 0 Å². The smallest absolute Gasteiger partial charge is 0.423 e. The Morgan fingerprint density at radius 2 is 2.00 bits per heavy atom. The van der Waals surface area contributed by atoms with Crippen molar-refractivity contribution in [1.29, 1.82) is 0 Å². The highest BCUT2D eigenvalue weighted by atomic mass is 16.5. The summed E-state index contributed by atoms with van der Waals surface area (Å²) in [5.41, 5.74) is 1.74. The molecule has 0 aliphatic carbocycles. The minimum atomic E-state index is -0.663. The maximum atomic E-state index is 9.04. The molecule has 0 atom stereocenters. The molecule has 1 rings (SSSR count). The molecule has 0 amide bonds. The number of nitrogens with zero attached hydrogens (tertiary/aromatic N) is 1. The predicted molar refractivity (Wildman–Crippen MR) is 78.7 cm³/mol. The van der Waals surface area contributed by atoms with Gasteiger partial charge in [0.25, 0.3) is 0 Å². The third-order valence-electron chi connectivity index (χ3n) is 2.35. The Balaban J connectivity index is 2.79. The molecule has 0 saturated carbocycles. The van der Waals surface area contributed by atoms with E-state index in [1.807, 2.05) is 37.3 Å². The van der Waals surface area contributed by atoms with Crippen LogP contribution in [0.4, 0.5) is 0 Å². The highest BCUT2D eigenvalue weighted by molar-refractivity contribution is 6.45. The molecular formula is C13H19BN2O3. The Labute approximate surface area is 114 Å². The topological polar surface area (TPSA) is 63.1 Å². The molecule has 0 heterocycles. The van der Waals surface area contributed by atoms with E-state index >= 15 is 0 Å². The number of rotatable bonds is 6. The van der Waals surface area contributed by atoms with Crippen LogP contribution in [-0.4, -0.2) is 32.0 Å². The lowest BCUT2D eigenvalue weighted by Crippen LogP contribution is -2.25. The van der Waals surface area contributed by atoms with Crippen LogP contribution in [0.1, 0.15) is 12.5 Å². The van der Waals surface area contributed by atoms with E-state index in [0.717, 1.165) is 11.3 Å². The first-order chi connectivity index (χ1) is 9.06. The zero-order valence-electron chi connectivity index (χ0n) is 11.7. The summed E-state index contributed by atoms with van der Waals surface area (Å²) < 4.78 is 10.4. The summed E-state index contributed by atoms with van der Waals surface area (Å²) in [5.74, 6) is 1.38. The number of hydrazone groups is 1. The summed E-state index contributed by atoms with van der Waals surface area (Å²) >= 11 is 0. The molecule has 0 aromatic heterocycles. The molecule has 102 valence electrons. The number of benzene rings is 1. The SMILES string of the molecule is COc1ccc(/C=C/C(C)=N/NB(C)O)cc1OC. The van der Waals surface area contributed by atoms with Crippen molar-refractivity contribution < 1.29 is 14.5 Å². The third-order valence-corrected chi connectivity index (χ3v) is 2.35. The summed E-state index contributed by atoms with van der Waals surface area (Å²) in [6, 6.07) is 5.65. The molecule has 0 bridgehead atoms. The second-order valence-electron chi connectivity index (χ2n) is 4.01. The van der Waals surface area contributed by atoms with Crippen molar-refractivity contribution in [1.82, 2.24) is 5.34 Å². The highest BCUT2D eigenvalue weighted by Crippen LogP contribution is 2.27. The summed E-state index contributed by atoms with van der Waals surface area (Å²) in [6.45, 7) is 3.45. The van der Waals surface area contributed by atoms with Gasteiger partial charge in [-0.15, -0.1) is 0 Å². The Morgan fingerprint density at radius 1 is 1.32 bits per heavy atom. The molecule has 0 aliphatic heterocycles. The van der Waals surface area contributed by atoms with Crippen molar-refractivity contribution in [3.05, 3.63) is 29.8 Å². The summed E-state index contributed by atoms with van der Waals surface area (Å²) in [7, 11) is 2.54. The van der Waals surface area contributed by atoms with E-state index in [9.17, 15) is 0 Å². The van der Waals surface area contributed by atoms with E-state index < -0.39 is 7.05 Å². The maximum absolute atomic E-state index is 9.04. The Bertz CT molecular complexity index is 473. The standard InChI is InChI=1S/C13H19BN2O3/c1-10(15-16-14(2)17)5-6-11-7-8-12(18-3)13(9-11)19-4/h5-9,16-17H,1-4H3/b6-5+,15-10+. The molecule has 0 saturated heterocycles. The molecule has 0 radical (unpaired) electrons. The number of nitrogens with one attached hydrogen (secondary N) is 1. The van der Waals surface area contributed by atoms with Gasteiger partial charge in [0.2, 0.25) is 0 Å². The number of ether oxygens (including phenoxy) is 2. The summed E-state index contributed by atoms with van der Waals surface area (Å²) in [4.78, 5) is 0. The normalized spacial score (nSPS) is 11.5. The second-order valence-corrected chi connectivity index (χ2v) is 4.01. The van der Waals surface area contributed by atoms with Gasteiger partial charge in [0.1, 0.15) is 0 Å². The Morgan fingerprint density at radius 3 is 2.58 bits per heavy atom. The summed E-state index contributed by atoms with van der Waals surface area (Å²) in [5, 5.41) is 15.6. The molecule has 6 heteroatoms. The number of methoxy groups -OCH3 is 2. The number of hydrogen-bond donors (Lipinski definition) is 2. The van der Waals surface area contributed by atoms with Gasteiger partial charge < -0.3 is 19.8 Å². The van der Waals surface area contributed by atoms with Gasteiger partial charge in [-0.05, 0) is 37.5 Å². The van der Waals surface area contributed by atoms with Crippen molar-refractivity contribution >= 4 is 18.8 Å². The Kier molecular flexibility index (Phi) is 5.95. The number of hydrogen-bond acceptors (Lipinski definition) is 5. The van der Waals surface area contributed by atoms with E-state index in [4.69, 9.17) is 14.5 Å². The van der Waals surface area contributed by atoms with E-state index in [1.165, 1.54) is 0 Å².